The van der Waals surface area contributed by atoms with Gasteiger partial charge in [0.15, 0.2) is 5.82 Å². The van der Waals surface area contributed by atoms with Crippen LogP contribution in [-0.4, -0.2) is 20.7 Å². The average molecular weight is 369 g/mol. The Morgan fingerprint density at radius 1 is 0.821 bits per heavy atom. The zero-order valence-corrected chi connectivity index (χ0v) is 15.7. The van der Waals surface area contributed by atoms with E-state index in [0.29, 0.717) is 11.6 Å². The molecule has 0 radical (unpaired) electrons. The van der Waals surface area contributed by atoms with Gasteiger partial charge in [0.25, 0.3) is 5.82 Å². The van der Waals surface area contributed by atoms with Crippen LogP contribution in [0, 0.1) is 13.8 Å². The van der Waals surface area contributed by atoms with Gasteiger partial charge >= 0.3 is 5.97 Å². The van der Waals surface area contributed by atoms with Crippen molar-refractivity contribution in [1.82, 2.24) is 14.8 Å². The lowest BCUT2D eigenvalue weighted by atomic mass is 10.1. The number of aryl methyl sites for hydroxylation is 2. The van der Waals surface area contributed by atoms with E-state index < -0.39 is 5.97 Å². The minimum Gasteiger partial charge on any atom is -0.420 e. The number of rotatable bonds is 4. The highest BCUT2D eigenvalue weighted by Gasteiger charge is 2.21. The third-order valence-electron chi connectivity index (χ3n) is 4.43. The van der Waals surface area contributed by atoms with Crippen molar-refractivity contribution in [2.45, 2.75) is 13.8 Å². The number of carbonyl (C=O) groups excluding carboxylic acids is 1. The fourth-order valence-corrected chi connectivity index (χ4v) is 3.02. The van der Waals surface area contributed by atoms with E-state index in [4.69, 9.17) is 4.74 Å². The van der Waals surface area contributed by atoms with Crippen LogP contribution in [0.1, 0.15) is 21.7 Å². The predicted octanol–water partition coefficient (Wildman–Crippen LogP) is 4.77. The van der Waals surface area contributed by atoms with Crippen LogP contribution < -0.4 is 4.74 Å². The van der Waals surface area contributed by atoms with Crippen LogP contribution in [0.2, 0.25) is 0 Å². The van der Waals surface area contributed by atoms with Gasteiger partial charge in [-0.15, -0.1) is 5.10 Å². The van der Waals surface area contributed by atoms with Crippen LogP contribution in [0.5, 0.6) is 5.75 Å². The maximum absolute atomic E-state index is 12.8. The molecule has 4 aromatic rings. The van der Waals surface area contributed by atoms with Gasteiger partial charge in [0.05, 0.1) is 5.69 Å². The summed E-state index contributed by atoms with van der Waals surface area (Å²) in [4.78, 5) is 17.3. The third kappa shape index (κ3) is 3.42. The number of aromatic nitrogens is 3. The zero-order valence-electron chi connectivity index (χ0n) is 15.7. The van der Waals surface area contributed by atoms with Gasteiger partial charge in [0.2, 0.25) is 0 Å². The molecule has 0 aliphatic carbocycles. The highest BCUT2D eigenvalue weighted by Crippen LogP contribution is 2.25. The molecule has 0 N–H and O–H groups in total. The number of benzene rings is 3. The van der Waals surface area contributed by atoms with Gasteiger partial charge in [-0.05, 0) is 37.1 Å². The van der Waals surface area contributed by atoms with Gasteiger partial charge in [0, 0.05) is 5.56 Å². The molecule has 4 rings (SSSR count). The van der Waals surface area contributed by atoms with Crippen molar-refractivity contribution < 1.29 is 9.53 Å². The maximum atomic E-state index is 12.8. The lowest BCUT2D eigenvalue weighted by molar-refractivity contribution is 0.0719. The summed E-state index contributed by atoms with van der Waals surface area (Å²) in [7, 11) is 0. The van der Waals surface area contributed by atoms with Crippen molar-refractivity contribution in [2.75, 3.05) is 0 Å². The molecule has 0 aliphatic rings. The summed E-state index contributed by atoms with van der Waals surface area (Å²) in [6.07, 6.45) is 0. The first-order valence-corrected chi connectivity index (χ1v) is 9.00. The Morgan fingerprint density at radius 3 is 2.07 bits per heavy atom. The number of carbonyl (C=O) groups is 1. The lowest BCUT2D eigenvalue weighted by Crippen LogP contribution is -2.12. The van der Waals surface area contributed by atoms with Crippen molar-refractivity contribution in [3.8, 4) is 22.8 Å². The van der Waals surface area contributed by atoms with Crippen molar-refractivity contribution in [2.24, 2.45) is 0 Å². The Kier molecular flexibility index (Phi) is 4.72. The molecule has 0 spiro atoms. The first-order chi connectivity index (χ1) is 13.6. The number of hydrogen-bond acceptors (Lipinski definition) is 4. The Labute approximate surface area is 163 Å². The fourth-order valence-electron chi connectivity index (χ4n) is 3.02. The van der Waals surface area contributed by atoms with E-state index in [1.165, 1.54) is 0 Å². The van der Waals surface area contributed by atoms with Crippen molar-refractivity contribution in [1.29, 1.82) is 0 Å². The molecule has 5 heteroatoms. The van der Waals surface area contributed by atoms with E-state index in [0.717, 1.165) is 22.4 Å². The smallest absolute Gasteiger partial charge is 0.383 e. The number of nitrogens with zero attached hydrogens (tertiary/aromatic N) is 3. The minimum atomic E-state index is -0.579. The topological polar surface area (TPSA) is 57.0 Å². The Morgan fingerprint density at radius 2 is 1.43 bits per heavy atom. The van der Waals surface area contributed by atoms with Crippen LogP contribution in [-0.2, 0) is 0 Å². The summed E-state index contributed by atoms with van der Waals surface area (Å²) < 4.78 is 7.29. The van der Waals surface area contributed by atoms with E-state index in [-0.39, 0.29) is 5.82 Å². The van der Waals surface area contributed by atoms with Crippen LogP contribution in [0.3, 0.4) is 0 Å². The number of ether oxygens (including phenoxy) is 1. The van der Waals surface area contributed by atoms with Crippen molar-refractivity contribution >= 4 is 5.97 Å². The van der Waals surface area contributed by atoms with E-state index in [1.54, 1.807) is 4.68 Å². The van der Waals surface area contributed by atoms with Gasteiger partial charge in [-0.25, -0.2) is 14.5 Å². The molecule has 3 aromatic carbocycles. The van der Waals surface area contributed by atoms with Crippen molar-refractivity contribution in [3.63, 3.8) is 0 Å². The minimum absolute atomic E-state index is 0.0189. The second-order valence-corrected chi connectivity index (χ2v) is 6.48. The molecule has 5 nitrogen and oxygen atoms in total. The first kappa shape index (κ1) is 17.7. The first-order valence-electron chi connectivity index (χ1n) is 9.00. The summed E-state index contributed by atoms with van der Waals surface area (Å²) in [6.45, 7) is 3.81. The maximum Gasteiger partial charge on any atom is 0.383 e. The van der Waals surface area contributed by atoms with E-state index >= 15 is 0 Å². The van der Waals surface area contributed by atoms with Gasteiger partial charge in [0.1, 0.15) is 5.75 Å². The monoisotopic (exact) mass is 369 g/mol. The molecular formula is C23H19N3O2. The Balaban J connectivity index is 1.76. The Bertz CT molecular complexity index is 1040. The molecule has 0 unspecified atom stereocenters. The summed E-state index contributed by atoms with van der Waals surface area (Å²) >= 11 is 0. The summed E-state index contributed by atoms with van der Waals surface area (Å²) in [5, 5.41) is 4.44. The predicted molar refractivity (Wildman–Crippen MR) is 108 cm³/mol. The molecule has 1 aromatic heterocycles. The highest BCUT2D eigenvalue weighted by molar-refractivity contribution is 5.88. The molecule has 0 aliphatic heterocycles. The average Bonchev–Trinajstić information content (AvgIpc) is 3.18. The van der Waals surface area contributed by atoms with Gasteiger partial charge < -0.3 is 4.74 Å². The van der Waals surface area contributed by atoms with Crippen LogP contribution in [0.25, 0.3) is 17.1 Å². The van der Waals surface area contributed by atoms with Crippen LogP contribution in [0.15, 0.2) is 78.9 Å². The molecule has 0 bridgehead atoms. The number of para-hydroxylation sites is 2. The van der Waals surface area contributed by atoms with Crippen molar-refractivity contribution in [3.05, 3.63) is 95.8 Å². The lowest BCUT2D eigenvalue weighted by Gasteiger charge is -2.08. The number of esters is 1. The molecule has 0 saturated carbocycles. The van der Waals surface area contributed by atoms with Crippen LogP contribution in [0.4, 0.5) is 0 Å². The summed E-state index contributed by atoms with van der Waals surface area (Å²) in [5.41, 5.74) is 3.46. The normalized spacial score (nSPS) is 10.6. The second-order valence-electron chi connectivity index (χ2n) is 6.48. The van der Waals surface area contributed by atoms with Crippen LogP contribution >= 0.6 is 0 Å². The third-order valence-corrected chi connectivity index (χ3v) is 4.43. The van der Waals surface area contributed by atoms with E-state index in [1.807, 2.05) is 92.7 Å². The molecule has 1 heterocycles. The second kappa shape index (κ2) is 7.48. The molecule has 138 valence electrons. The molecule has 28 heavy (non-hydrogen) atoms. The quantitative estimate of drug-likeness (QED) is 0.384. The summed E-state index contributed by atoms with van der Waals surface area (Å²) in [6, 6.07) is 25.0. The van der Waals surface area contributed by atoms with E-state index in [9.17, 15) is 4.79 Å². The Hall–Kier alpha value is -3.73. The zero-order chi connectivity index (χ0) is 19.5. The largest absolute Gasteiger partial charge is 0.420 e. The summed E-state index contributed by atoms with van der Waals surface area (Å²) in [5.74, 6) is 0.569. The van der Waals surface area contributed by atoms with Gasteiger partial charge in [-0.2, -0.15) is 0 Å². The molecule has 0 amide bonds. The molecule has 0 atom stereocenters. The standard InChI is InChI=1S/C23H19N3O2/c1-16-10-9-11-17(2)20(16)28-23(27)21-24-22(18-12-5-3-6-13-18)26(25-21)19-14-7-4-8-15-19/h3-15H,1-2H3. The molecule has 0 fully saturated rings. The van der Waals surface area contributed by atoms with Gasteiger partial charge in [-0.1, -0.05) is 66.7 Å². The van der Waals surface area contributed by atoms with E-state index in [2.05, 4.69) is 10.1 Å². The highest BCUT2D eigenvalue weighted by atomic mass is 16.5. The molecule has 0 saturated heterocycles. The fraction of sp³-hybridized carbons (Fsp3) is 0.0870. The number of hydrogen-bond donors (Lipinski definition) is 0. The van der Waals surface area contributed by atoms with Gasteiger partial charge in [-0.3, -0.25) is 0 Å². The SMILES string of the molecule is Cc1cccc(C)c1OC(=O)c1nc(-c2ccccc2)n(-c2ccccc2)n1. The molecular weight excluding hydrogens is 350 g/mol.